The predicted octanol–water partition coefficient (Wildman–Crippen LogP) is 0.495. The van der Waals surface area contributed by atoms with Crippen molar-refractivity contribution >= 4 is 15.8 Å². The van der Waals surface area contributed by atoms with Crippen LogP contribution in [0.1, 0.15) is 13.8 Å². The fourth-order valence-electron chi connectivity index (χ4n) is 2.71. The average molecular weight is 314 g/mol. The number of ether oxygens (including phenoxy) is 1. The predicted molar refractivity (Wildman–Crippen MR) is 80.9 cm³/mol. The van der Waals surface area contributed by atoms with Crippen molar-refractivity contribution in [2.75, 3.05) is 31.4 Å². The summed E-state index contributed by atoms with van der Waals surface area (Å²) in [6.07, 6.45) is 2.65. The number of hydrogen-bond donors (Lipinski definition) is 1. The number of hydrogen-bond acceptors (Lipinski definition) is 6. The number of nitrogens with one attached hydrogen (secondary N) is 1. The van der Waals surface area contributed by atoms with Crippen LogP contribution in [0.25, 0.3) is 0 Å². The molecule has 1 aromatic heterocycles. The smallest absolute Gasteiger partial charge is 0.218 e. The molecular formula is C13H22N4O3S. The van der Waals surface area contributed by atoms with Crippen molar-refractivity contribution in [3.63, 3.8) is 0 Å². The van der Waals surface area contributed by atoms with E-state index >= 15 is 0 Å². The molecule has 0 amide bonds. The molecule has 0 bridgehead atoms. The van der Waals surface area contributed by atoms with Crippen LogP contribution >= 0.6 is 0 Å². The van der Waals surface area contributed by atoms with Gasteiger partial charge in [0.2, 0.25) is 15.9 Å². The van der Waals surface area contributed by atoms with E-state index in [1.807, 2.05) is 0 Å². The Labute approximate surface area is 125 Å². The lowest BCUT2D eigenvalue weighted by Gasteiger charge is -2.21. The number of methoxy groups -OCH3 is 1. The molecule has 1 aliphatic rings. The van der Waals surface area contributed by atoms with Crippen LogP contribution in [0.15, 0.2) is 12.4 Å². The molecule has 0 aliphatic carbocycles. The third-order valence-electron chi connectivity index (χ3n) is 3.75. The number of nitrogens with zero attached hydrogens (tertiary/aromatic N) is 3. The molecule has 1 saturated heterocycles. The maximum Gasteiger partial charge on any atom is 0.218 e. The summed E-state index contributed by atoms with van der Waals surface area (Å²) >= 11 is 0. The average Bonchev–Trinajstić information content (AvgIpc) is 2.80. The van der Waals surface area contributed by atoms with E-state index in [1.54, 1.807) is 13.2 Å². The monoisotopic (exact) mass is 314 g/mol. The van der Waals surface area contributed by atoms with Crippen molar-refractivity contribution < 1.29 is 13.2 Å². The quantitative estimate of drug-likeness (QED) is 0.852. The van der Waals surface area contributed by atoms with Crippen LogP contribution in [-0.4, -0.2) is 50.9 Å². The first-order valence-electron chi connectivity index (χ1n) is 6.88. The summed E-state index contributed by atoms with van der Waals surface area (Å²) in [7, 11) is -1.67. The van der Waals surface area contributed by atoms with Gasteiger partial charge in [0, 0.05) is 25.2 Å². The van der Waals surface area contributed by atoms with Crippen molar-refractivity contribution in [3.8, 4) is 5.88 Å². The standard InChI is InChI=1S/C13H22N4O3S/c1-9(2)10-6-17(7-11(10)16-21(4,18)19)12-5-13(20-3)15-8-14-12/h5,8-11,16H,6-7H2,1-4H3/t10-,11+/m1/s1. The molecule has 0 saturated carbocycles. The second-order valence-electron chi connectivity index (χ2n) is 5.73. The second kappa shape index (κ2) is 6.15. The van der Waals surface area contributed by atoms with E-state index in [2.05, 4.69) is 33.4 Å². The molecule has 7 nitrogen and oxygen atoms in total. The highest BCUT2D eigenvalue weighted by molar-refractivity contribution is 7.88. The van der Waals surface area contributed by atoms with Crippen molar-refractivity contribution in [2.45, 2.75) is 19.9 Å². The Morgan fingerprint density at radius 3 is 2.67 bits per heavy atom. The summed E-state index contributed by atoms with van der Waals surface area (Å²) in [6.45, 7) is 5.55. The van der Waals surface area contributed by atoms with Crippen LogP contribution < -0.4 is 14.4 Å². The lowest BCUT2D eigenvalue weighted by molar-refractivity contribution is 0.364. The van der Waals surface area contributed by atoms with Crippen LogP contribution in [0.4, 0.5) is 5.82 Å². The van der Waals surface area contributed by atoms with E-state index in [4.69, 9.17) is 4.74 Å². The Morgan fingerprint density at radius 2 is 2.10 bits per heavy atom. The zero-order chi connectivity index (χ0) is 15.6. The highest BCUT2D eigenvalue weighted by Crippen LogP contribution is 2.28. The minimum absolute atomic E-state index is 0.110. The molecule has 0 aromatic carbocycles. The van der Waals surface area contributed by atoms with E-state index in [-0.39, 0.29) is 12.0 Å². The summed E-state index contributed by atoms with van der Waals surface area (Å²) < 4.78 is 30.9. The van der Waals surface area contributed by atoms with E-state index in [1.165, 1.54) is 12.6 Å². The van der Waals surface area contributed by atoms with Crippen LogP contribution in [0, 0.1) is 11.8 Å². The zero-order valence-corrected chi connectivity index (χ0v) is 13.6. The lowest BCUT2D eigenvalue weighted by atomic mass is 9.92. The molecule has 2 heterocycles. The fourth-order valence-corrected chi connectivity index (χ4v) is 3.50. The van der Waals surface area contributed by atoms with E-state index in [0.29, 0.717) is 18.3 Å². The molecule has 0 radical (unpaired) electrons. The van der Waals surface area contributed by atoms with Gasteiger partial charge in [0.1, 0.15) is 12.1 Å². The van der Waals surface area contributed by atoms with Gasteiger partial charge in [0.25, 0.3) is 0 Å². The first kappa shape index (κ1) is 16.0. The SMILES string of the molecule is COc1cc(N2C[C@H](NS(C)(=O)=O)[C@@H](C(C)C)C2)ncn1. The highest BCUT2D eigenvalue weighted by Gasteiger charge is 2.36. The second-order valence-corrected chi connectivity index (χ2v) is 7.51. The Hall–Kier alpha value is -1.41. The summed E-state index contributed by atoms with van der Waals surface area (Å²) in [6, 6.07) is 1.65. The molecule has 21 heavy (non-hydrogen) atoms. The molecular weight excluding hydrogens is 292 g/mol. The third-order valence-corrected chi connectivity index (χ3v) is 4.48. The Balaban J connectivity index is 2.20. The summed E-state index contributed by atoms with van der Waals surface area (Å²) in [5.74, 6) is 1.87. The van der Waals surface area contributed by atoms with Gasteiger partial charge in [-0.1, -0.05) is 13.8 Å². The van der Waals surface area contributed by atoms with Gasteiger partial charge in [-0.05, 0) is 11.8 Å². The molecule has 0 unspecified atom stereocenters. The van der Waals surface area contributed by atoms with Gasteiger partial charge in [-0.15, -0.1) is 0 Å². The van der Waals surface area contributed by atoms with Gasteiger partial charge in [-0.3, -0.25) is 0 Å². The molecule has 118 valence electrons. The summed E-state index contributed by atoms with van der Waals surface area (Å²) in [4.78, 5) is 10.3. The summed E-state index contributed by atoms with van der Waals surface area (Å²) in [5.41, 5.74) is 0. The molecule has 2 atom stereocenters. The molecule has 1 aromatic rings. The van der Waals surface area contributed by atoms with Crippen molar-refractivity contribution in [2.24, 2.45) is 11.8 Å². The molecule has 1 N–H and O–H groups in total. The largest absolute Gasteiger partial charge is 0.481 e. The first-order chi connectivity index (χ1) is 9.80. The van der Waals surface area contributed by atoms with Crippen LogP contribution in [0.2, 0.25) is 0 Å². The first-order valence-corrected chi connectivity index (χ1v) is 8.77. The van der Waals surface area contributed by atoms with Crippen LogP contribution in [-0.2, 0) is 10.0 Å². The number of rotatable bonds is 5. The van der Waals surface area contributed by atoms with Gasteiger partial charge in [0.05, 0.1) is 13.4 Å². The normalized spacial score (nSPS) is 22.8. The molecule has 2 rings (SSSR count). The van der Waals surface area contributed by atoms with Crippen molar-refractivity contribution in [1.82, 2.24) is 14.7 Å². The molecule has 1 aliphatic heterocycles. The highest BCUT2D eigenvalue weighted by atomic mass is 32.2. The van der Waals surface area contributed by atoms with Gasteiger partial charge >= 0.3 is 0 Å². The number of aromatic nitrogens is 2. The van der Waals surface area contributed by atoms with Gasteiger partial charge in [-0.25, -0.2) is 23.1 Å². The van der Waals surface area contributed by atoms with Gasteiger partial charge < -0.3 is 9.64 Å². The van der Waals surface area contributed by atoms with Crippen LogP contribution in [0.3, 0.4) is 0 Å². The Morgan fingerprint density at radius 1 is 1.38 bits per heavy atom. The van der Waals surface area contributed by atoms with Gasteiger partial charge in [-0.2, -0.15) is 0 Å². The number of anilines is 1. The minimum Gasteiger partial charge on any atom is -0.481 e. The lowest BCUT2D eigenvalue weighted by Crippen LogP contribution is -2.41. The molecule has 0 spiro atoms. The van der Waals surface area contributed by atoms with E-state index in [9.17, 15) is 8.42 Å². The number of sulfonamides is 1. The van der Waals surface area contributed by atoms with E-state index < -0.39 is 10.0 Å². The van der Waals surface area contributed by atoms with E-state index in [0.717, 1.165) is 12.4 Å². The minimum atomic E-state index is -3.23. The van der Waals surface area contributed by atoms with Crippen LogP contribution in [0.5, 0.6) is 5.88 Å². The Kier molecular flexibility index (Phi) is 4.67. The topological polar surface area (TPSA) is 84.4 Å². The Bertz CT molecular complexity index is 591. The third kappa shape index (κ3) is 4.04. The fraction of sp³-hybridized carbons (Fsp3) is 0.692. The summed E-state index contributed by atoms with van der Waals surface area (Å²) in [5, 5.41) is 0. The maximum absolute atomic E-state index is 11.5. The van der Waals surface area contributed by atoms with Crippen molar-refractivity contribution in [3.05, 3.63) is 12.4 Å². The maximum atomic E-state index is 11.5. The van der Waals surface area contributed by atoms with Crippen molar-refractivity contribution in [1.29, 1.82) is 0 Å². The molecule has 1 fully saturated rings. The zero-order valence-electron chi connectivity index (χ0n) is 12.8. The van der Waals surface area contributed by atoms with Gasteiger partial charge in [0.15, 0.2) is 0 Å². The molecule has 8 heteroatoms.